The summed E-state index contributed by atoms with van der Waals surface area (Å²) < 4.78 is 0.952. The highest BCUT2D eigenvalue weighted by Gasteiger charge is 2.11. The highest BCUT2D eigenvalue weighted by molar-refractivity contribution is 9.10. The molecule has 2 rings (SSSR count). The number of nitriles is 1. The predicted molar refractivity (Wildman–Crippen MR) is 96.2 cm³/mol. The SMILES string of the molecule is Cc1cc(O)ccc1NC(=O)/C(C#N)=C\NCc1ccccc1Br. The lowest BCUT2D eigenvalue weighted by Crippen LogP contribution is -2.17. The van der Waals surface area contributed by atoms with Gasteiger partial charge in [0.2, 0.25) is 0 Å². The van der Waals surface area contributed by atoms with Crippen LogP contribution >= 0.6 is 15.9 Å². The number of phenolic OH excluding ortho intramolecular Hbond substituents is 1. The molecule has 0 bridgehead atoms. The second-order valence-electron chi connectivity index (χ2n) is 5.10. The van der Waals surface area contributed by atoms with E-state index in [9.17, 15) is 15.2 Å². The Kier molecular flexibility index (Phi) is 5.99. The molecule has 0 spiro atoms. The normalized spacial score (nSPS) is 10.8. The van der Waals surface area contributed by atoms with Crippen molar-refractivity contribution in [2.45, 2.75) is 13.5 Å². The average molecular weight is 386 g/mol. The monoisotopic (exact) mass is 385 g/mol. The fraction of sp³-hybridized carbons (Fsp3) is 0.111. The van der Waals surface area contributed by atoms with Gasteiger partial charge in [0.15, 0.2) is 0 Å². The van der Waals surface area contributed by atoms with Crippen LogP contribution in [0.25, 0.3) is 0 Å². The fourth-order valence-corrected chi connectivity index (χ4v) is 2.46. The second kappa shape index (κ2) is 8.18. The number of aromatic hydroxyl groups is 1. The van der Waals surface area contributed by atoms with Crippen molar-refractivity contribution in [1.82, 2.24) is 5.32 Å². The molecule has 24 heavy (non-hydrogen) atoms. The van der Waals surface area contributed by atoms with Gasteiger partial charge >= 0.3 is 0 Å². The van der Waals surface area contributed by atoms with Gasteiger partial charge < -0.3 is 15.7 Å². The number of anilines is 1. The van der Waals surface area contributed by atoms with Crippen molar-refractivity contribution in [3.05, 3.63) is 69.8 Å². The third-order valence-electron chi connectivity index (χ3n) is 3.32. The maximum atomic E-state index is 12.2. The topological polar surface area (TPSA) is 85.2 Å². The minimum absolute atomic E-state index is 0.0328. The first-order chi connectivity index (χ1) is 11.5. The molecular formula is C18H16BrN3O2. The summed E-state index contributed by atoms with van der Waals surface area (Å²) >= 11 is 3.44. The molecule has 0 heterocycles. The summed E-state index contributed by atoms with van der Waals surface area (Å²) in [5, 5.41) is 24.2. The van der Waals surface area contributed by atoms with Gasteiger partial charge in [-0.25, -0.2) is 0 Å². The molecule has 122 valence electrons. The molecule has 0 aliphatic heterocycles. The summed E-state index contributed by atoms with van der Waals surface area (Å²) in [5.41, 5.74) is 2.24. The van der Waals surface area contributed by atoms with Crippen molar-refractivity contribution < 1.29 is 9.90 Å². The molecule has 0 saturated carbocycles. The first-order valence-electron chi connectivity index (χ1n) is 7.19. The van der Waals surface area contributed by atoms with Crippen LogP contribution in [0.3, 0.4) is 0 Å². The van der Waals surface area contributed by atoms with Gasteiger partial charge in [0.05, 0.1) is 0 Å². The van der Waals surface area contributed by atoms with Crippen LogP contribution < -0.4 is 10.6 Å². The number of halogens is 1. The van der Waals surface area contributed by atoms with Gasteiger partial charge in [0, 0.05) is 22.9 Å². The van der Waals surface area contributed by atoms with Crippen molar-refractivity contribution >= 4 is 27.5 Å². The highest BCUT2D eigenvalue weighted by Crippen LogP contribution is 2.20. The van der Waals surface area contributed by atoms with E-state index >= 15 is 0 Å². The number of rotatable bonds is 5. The van der Waals surface area contributed by atoms with Gasteiger partial charge in [0.25, 0.3) is 5.91 Å². The van der Waals surface area contributed by atoms with Crippen molar-refractivity contribution in [1.29, 1.82) is 5.26 Å². The summed E-state index contributed by atoms with van der Waals surface area (Å²) in [6.07, 6.45) is 1.39. The molecule has 0 fully saturated rings. The Morgan fingerprint density at radius 2 is 2.08 bits per heavy atom. The Bertz CT molecular complexity index is 825. The molecule has 0 radical (unpaired) electrons. The van der Waals surface area contributed by atoms with E-state index < -0.39 is 5.91 Å². The Labute approximate surface area is 148 Å². The van der Waals surface area contributed by atoms with E-state index in [2.05, 4.69) is 26.6 Å². The van der Waals surface area contributed by atoms with E-state index in [0.717, 1.165) is 10.0 Å². The average Bonchev–Trinajstić information content (AvgIpc) is 2.55. The molecule has 0 unspecified atom stereocenters. The molecule has 0 aliphatic rings. The number of aryl methyl sites for hydroxylation is 1. The second-order valence-corrected chi connectivity index (χ2v) is 5.95. The van der Waals surface area contributed by atoms with Crippen LogP contribution in [0.4, 0.5) is 5.69 Å². The van der Waals surface area contributed by atoms with Crippen molar-refractivity contribution in [3.63, 3.8) is 0 Å². The van der Waals surface area contributed by atoms with E-state index in [1.54, 1.807) is 13.0 Å². The Balaban J connectivity index is 2.03. The molecule has 1 amide bonds. The quantitative estimate of drug-likeness (QED) is 0.417. The summed E-state index contributed by atoms with van der Waals surface area (Å²) in [6.45, 7) is 2.24. The number of benzene rings is 2. The van der Waals surface area contributed by atoms with Crippen molar-refractivity contribution in [3.8, 4) is 11.8 Å². The van der Waals surface area contributed by atoms with E-state index in [4.69, 9.17) is 0 Å². The smallest absolute Gasteiger partial charge is 0.267 e. The molecule has 3 N–H and O–H groups in total. The van der Waals surface area contributed by atoms with Crippen LogP contribution in [-0.4, -0.2) is 11.0 Å². The number of carbonyl (C=O) groups excluding carboxylic acids is 1. The molecule has 0 atom stereocenters. The zero-order valence-corrected chi connectivity index (χ0v) is 14.6. The van der Waals surface area contributed by atoms with Gasteiger partial charge in [-0.15, -0.1) is 0 Å². The lowest BCUT2D eigenvalue weighted by Gasteiger charge is -2.09. The van der Waals surface area contributed by atoms with Crippen LogP contribution in [0.5, 0.6) is 5.75 Å². The van der Waals surface area contributed by atoms with Gasteiger partial charge in [-0.3, -0.25) is 4.79 Å². The van der Waals surface area contributed by atoms with Crippen molar-refractivity contribution in [2.75, 3.05) is 5.32 Å². The fourth-order valence-electron chi connectivity index (χ4n) is 2.03. The first kappa shape index (κ1) is 17.6. The van der Waals surface area contributed by atoms with Crippen LogP contribution in [0.2, 0.25) is 0 Å². The minimum atomic E-state index is -0.508. The number of amides is 1. The van der Waals surface area contributed by atoms with Gasteiger partial charge in [-0.05, 0) is 42.3 Å². The Morgan fingerprint density at radius 1 is 1.33 bits per heavy atom. The molecule has 2 aromatic carbocycles. The number of hydrogen-bond donors (Lipinski definition) is 3. The number of nitrogens with zero attached hydrogens (tertiary/aromatic N) is 1. The lowest BCUT2D eigenvalue weighted by atomic mass is 10.2. The number of carbonyl (C=O) groups is 1. The zero-order valence-electron chi connectivity index (χ0n) is 13.0. The molecule has 0 aliphatic carbocycles. The van der Waals surface area contributed by atoms with Crippen LogP contribution in [0.1, 0.15) is 11.1 Å². The Morgan fingerprint density at radius 3 is 2.75 bits per heavy atom. The molecule has 0 aromatic heterocycles. The van der Waals surface area contributed by atoms with E-state index in [1.165, 1.54) is 18.3 Å². The third-order valence-corrected chi connectivity index (χ3v) is 4.09. The largest absolute Gasteiger partial charge is 0.508 e. The summed E-state index contributed by atoms with van der Waals surface area (Å²) in [6, 6.07) is 14.2. The van der Waals surface area contributed by atoms with E-state index in [1.807, 2.05) is 30.3 Å². The molecule has 5 nitrogen and oxygen atoms in total. The van der Waals surface area contributed by atoms with Gasteiger partial charge in [-0.2, -0.15) is 5.26 Å². The molecule has 6 heteroatoms. The third kappa shape index (κ3) is 4.61. The lowest BCUT2D eigenvalue weighted by molar-refractivity contribution is -0.112. The summed E-state index contributed by atoms with van der Waals surface area (Å²) in [7, 11) is 0. The summed E-state index contributed by atoms with van der Waals surface area (Å²) in [4.78, 5) is 12.2. The minimum Gasteiger partial charge on any atom is -0.508 e. The highest BCUT2D eigenvalue weighted by atomic mass is 79.9. The van der Waals surface area contributed by atoms with Gasteiger partial charge in [0.1, 0.15) is 17.4 Å². The molecule has 2 aromatic rings. The van der Waals surface area contributed by atoms with Crippen LogP contribution in [-0.2, 0) is 11.3 Å². The first-order valence-corrected chi connectivity index (χ1v) is 7.98. The Hall–Kier alpha value is -2.78. The maximum absolute atomic E-state index is 12.2. The zero-order chi connectivity index (χ0) is 17.5. The number of hydrogen-bond acceptors (Lipinski definition) is 4. The molecule has 0 saturated heterocycles. The van der Waals surface area contributed by atoms with Gasteiger partial charge in [-0.1, -0.05) is 34.1 Å². The molecular weight excluding hydrogens is 370 g/mol. The standard InChI is InChI=1S/C18H16BrN3O2/c1-12-8-15(23)6-7-17(12)22-18(24)14(9-20)11-21-10-13-4-2-3-5-16(13)19/h2-8,11,21,23H,10H2,1H3,(H,22,24)/b14-11-. The maximum Gasteiger partial charge on any atom is 0.267 e. The van der Waals surface area contributed by atoms with Crippen LogP contribution in [0, 0.1) is 18.3 Å². The van der Waals surface area contributed by atoms with Crippen LogP contribution in [0.15, 0.2) is 58.7 Å². The number of phenols is 1. The predicted octanol–water partition coefficient (Wildman–Crippen LogP) is 3.60. The van der Waals surface area contributed by atoms with Crippen molar-refractivity contribution in [2.24, 2.45) is 0 Å². The van der Waals surface area contributed by atoms with E-state index in [-0.39, 0.29) is 11.3 Å². The number of nitrogens with one attached hydrogen (secondary N) is 2. The van der Waals surface area contributed by atoms with E-state index in [0.29, 0.717) is 17.8 Å². The summed E-state index contributed by atoms with van der Waals surface area (Å²) in [5.74, 6) is -0.387.